The van der Waals surface area contributed by atoms with Crippen molar-refractivity contribution in [1.82, 2.24) is 10.6 Å². The summed E-state index contributed by atoms with van der Waals surface area (Å²) in [6, 6.07) is 3.96. The van der Waals surface area contributed by atoms with Crippen LogP contribution in [0.2, 0.25) is 0 Å². The van der Waals surface area contributed by atoms with E-state index in [2.05, 4.69) is 17.6 Å². The number of nitrogens with one attached hydrogen (secondary N) is 2. The van der Waals surface area contributed by atoms with Gasteiger partial charge < -0.3 is 15.1 Å². The standard InChI is InChI=1S/C13H22N2O/c1-2-13(6-4-7-14-10-13)11-15-9-12-5-3-8-16-12/h3,5,8,14-15H,2,4,6-7,9-11H2,1H3. The van der Waals surface area contributed by atoms with E-state index >= 15 is 0 Å². The van der Waals surface area contributed by atoms with E-state index in [-0.39, 0.29) is 0 Å². The Balaban J connectivity index is 1.78. The lowest BCUT2D eigenvalue weighted by Crippen LogP contribution is -2.45. The van der Waals surface area contributed by atoms with Gasteiger partial charge in [-0.2, -0.15) is 0 Å². The molecule has 1 aromatic rings. The first-order valence-corrected chi connectivity index (χ1v) is 6.28. The van der Waals surface area contributed by atoms with Gasteiger partial charge in [-0.05, 0) is 43.4 Å². The lowest BCUT2D eigenvalue weighted by molar-refractivity contribution is 0.190. The fourth-order valence-corrected chi connectivity index (χ4v) is 2.47. The van der Waals surface area contributed by atoms with Gasteiger partial charge in [0, 0.05) is 13.1 Å². The van der Waals surface area contributed by atoms with Gasteiger partial charge in [0.05, 0.1) is 12.8 Å². The fraction of sp³-hybridized carbons (Fsp3) is 0.692. The van der Waals surface area contributed by atoms with Crippen molar-refractivity contribution in [2.24, 2.45) is 5.41 Å². The Labute approximate surface area is 97.6 Å². The topological polar surface area (TPSA) is 37.2 Å². The van der Waals surface area contributed by atoms with Crippen LogP contribution in [0.1, 0.15) is 31.9 Å². The average molecular weight is 222 g/mol. The van der Waals surface area contributed by atoms with E-state index in [0.717, 1.165) is 25.4 Å². The van der Waals surface area contributed by atoms with Crippen molar-refractivity contribution in [1.29, 1.82) is 0 Å². The summed E-state index contributed by atoms with van der Waals surface area (Å²) < 4.78 is 5.31. The smallest absolute Gasteiger partial charge is 0.117 e. The van der Waals surface area contributed by atoms with Gasteiger partial charge in [0.2, 0.25) is 0 Å². The van der Waals surface area contributed by atoms with Crippen LogP contribution in [0, 0.1) is 5.41 Å². The van der Waals surface area contributed by atoms with Gasteiger partial charge in [0.1, 0.15) is 5.76 Å². The molecule has 1 atom stereocenters. The maximum absolute atomic E-state index is 5.31. The normalized spacial score (nSPS) is 25.8. The van der Waals surface area contributed by atoms with Crippen molar-refractivity contribution >= 4 is 0 Å². The van der Waals surface area contributed by atoms with Crippen LogP contribution >= 0.6 is 0 Å². The summed E-state index contributed by atoms with van der Waals surface area (Å²) in [5, 5.41) is 7.02. The minimum Gasteiger partial charge on any atom is -0.468 e. The van der Waals surface area contributed by atoms with Crippen molar-refractivity contribution in [3.05, 3.63) is 24.2 Å². The molecule has 3 nitrogen and oxygen atoms in total. The van der Waals surface area contributed by atoms with Crippen molar-refractivity contribution in [2.45, 2.75) is 32.7 Å². The first-order valence-electron chi connectivity index (χ1n) is 6.28. The Kier molecular flexibility index (Phi) is 4.02. The molecule has 2 heterocycles. The highest BCUT2D eigenvalue weighted by Crippen LogP contribution is 2.29. The quantitative estimate of drug-likeness (QED) is 0.801. The van der Waals surface area contributed by atoms with Gasteiger partial charge >= 0.3 is 0 Å². The minimum absolute atomic E-state index is 0.449. The molecule has 1 aliphatic rings. The molecule has 0 saturated carbocycles. The van der Waals surface area contributed by atoms with E-state index in [1.54, 1.807) is 6.26 Å². The zero-order chi connectivity index (χ0) is 11.3. The Morgan fingerprint density at radius 2 is 2.50 bits per heavy atom. The Hall–Kier alpha value is -0.800. The SMILES string of the molecule is CCC1(CNCc2ccco2)CCCNC1. The molecule has 2 N–H and O–H groups in total. The Morgan fingerprint density at radius 3 is 3.12 bits per heavy atom. The molecule has 90 valence electrons. The number of hydrogen-bond donors (Lipinski definition) is 2. The van der Waals surface area contributed by atoms with Crippen molar-refractivity contribution in [3.8, 4) is 0 Å². The molecule has 1 aromatic heterocycles. The van der Waals surface area contributed by atoms with Crippen LogP contribution in [0.15, 0.2) is 22.8 Å². The van der Waals surface area contributed by atoms with Crippen LogP contribution in [-0.2, 0) is 6.54 Å². The second-order valence-electron chi connectivity index (χ2n) is 4.82. The minimum atomic E-state index is 0.449. The van der Waals surface area contributed by atoms with Gasteiger partial charge in [-0.1, -0.05) is 6.92 Å². The molecule has 1 unspecified atom stereocenters. The molecule has 3 heteroatoms. The van der Waals surface area contributed by atoms with E-state index in [0.29, 0.717) is 5.41 Å². The van der Waals surface area contributed by atoms with E-state index < -0.39 is 0 Å². The highest BCUT2D eigenvalue weighted by atomic mass is 16.3. The molecule has 2 rings (SSSR count). The van der Waals surface area contributed by atoms with Crippen LogP contribution in [0.3, 0.4) is 0 Å². The second-order valence-corrected chi connectivity index (χ2v) is 4.82. The Bertz CT molecular complexity index is 289. The summed E-state index contributed by atoms with van der Waals surface area (Å²) in [5.74, 6) is 1.02. The predicted molar refractivity (Wildman–Crippen MR) is 65.2 cm³/mol. The number of hydrogen-bond acceptors (Lipinski definition) is 3. The summed E-state index contributed by atoms with van der Waals surface area (Å²) in [5.41, 5.74) is 0.449. The molecule has 0 amide bonds. The molecular weight excluding hydrogens is 200 g/mol. The molecule has 0 aliphatic carbocycles. The van der Waals surface area contributed by atoms with Crippen LogP contribution in [-0.4, -0.2) is 19.6 Å². The average Bonchev–Trinajstić information content (AvgIpc) is 2.83. The largest absolute Gasteiger partial charge is 0.468 e. The highest BCUT2D eigenvalue weighted by molar-refractivity contribution is 4.98. The number of furan rings is 1. The summed E-state index contributed by atoms with van der Waals surface area (Å²) in [4.78, 5) is 0. The maximum atomic E-state index is 5.31. The molecule has 16 heavy (non-hydrogen) atoms. The van der Waals surface area contributed by atoms with Gasteiger partial charge in [0.25, 0.3) is 0 Å². The molecular formula is C13H22N2O. The van der Waals surface area contributed by atoms with E-state index in [4.69, 9.17) is 4.42 Å². The fourth-order valence-electron chi connectivity index (χ4n) is 2.47. The molecule has 0 aromatic carbocycles. The van der Waals surface area contributed by atoms with Crippen LogP contribution in [0.25, 0.3) is 0 Å². The van der Waals surface area contributed by atoms with Gasteiger partial charge in [0.15, 0.2) is 0 Å². The highest BCUT2D eigenvalue weighted by Gasteiger charge is 2.29. The van der Waals surface area contributed by atoms with E-state index in [1.165, 1.54) is 25.8 Å². The molecule has 1 aliphatic heterocycles. The lowest BCUT2D eigenvalue weighted by Gasteiger charge is -2.37. The predicted octanol–water partition coefficient (Wildman–Crippen LogP) is 2.15. The molecule has 1 fully saturated rings. The summed E-state index contributed by atoms with van der Waals surface area (Å²) in [6.45, 7) is 6.54. The van der Waals surface area contributed by atoms with E-state index in [1.807, 2.05) is 12.1 Å². The Morgan fingerprint density at radius 1 is 1.56 bits per heavy atom. The van der Waals surface area contributed by atoms with Crippen LogP contribution < -0.4 is 10.6 Å². The second kappa shape index (κ2) is 5.51. The number of rotatable bonds is 5. The monoisotopic (exact) mass is 222 g/mol. The molecule has 0 radical (unpaired) electrons. The van der Waals surface area contributed by atoms with Crippen molar-refractivity contribution in [3.63, 3.8) is 0 Å². The zero-order valence-electron chi connectivity index (χ0n) is 10.1. The summed E-state index contributed by atoms with van der Waals surface area (Å²) in [6.07, 6.45) is 5.61. The van der Waals surface area contributed by atoms with Crippen LogP contribution in [0.5, 0.6) is 0 Å². The maximum Gasteiger partial charge on any atom is 0.117 e. The molecule has 0 spiro atoms. The van der Waals surface area contributed by atoms with Crippen molar-refractivity contribution in [2.75, 3.05) is 19.6 Å². The third kappa shape index (κ3) is 2.86. The van der Waals surface area contributed by atoms with Gasteiger partial charge in [-0.15, -0.1) is 0 Å². The zero-order valence-corrected chi connectivity index (χ0v) is 10.1. The molecule has 0 bridgehead atoms. The first-order chi connectivity index (χ1) is 7.85. The first kappa shape index (κ1) is 11.7. The summed E-state index contributed by atoms with van der Waals surface area (Å²) >= 11 is 0. The summed E-state index contributed by atoms with van der Waals surface area (Å²) in [7, 11) is 0. The third-order valence-corrected chi connectivity index (χ3v) is 3.69. The van der Waals surface area contributed by atoms with Gasteiger partial charge in [-0.25, -0.2) is 0 Å². The van der Waals surface area contributed by atoms with Gasteiger partial charge in [-0.3, -0.25) is 0 Å². The lowest BCUT2D eigenvalue weighted by atomic mass is 9.78. The van der Waals surface area contributed by atoms with Crippen LogP contribution in [0.4, 0.5) is 0 Å². The van der Waals surface area contributed by atoms with E-state index in [9.17, 15) is 0 Å². The third-order valence-electron chi connectivity index (χ3n) is 3.69. The van der Waals surface area contributed by atoms with Crippen molar-refractivity contribution < 1.29 is 4.42 Å². The number of piperidine rings is 1. The molecule has 1 saturated heterocycles.